The molecule has 1 heterocycles. The van der Waals surface area contributed by atoms with Crippen molar-refractivity contribution in [1.82, 2.24) is 15.1 Å². The summed E-state index contributed by atoms with van der Waals surface area (Å²) in [7, 11) is 0. The second-order valence-corrected chi connectivity index (χ2v) is 5.94. The molecule has 1 atom stereocenters. The minimum atomic E-state index is -0.926. The molecule has 20 heavy (non-hydrogen) atoms. The predicted octanol–water partition coefficient (Wildman–Crippen LogP) is 1.32. The maximum atomic E-state index is 12.2. The molecule has 0 aliphatic heterocycles. The van der Waals surface area contributed by atoms with Crippen LogP contribution in [0.5, 0.6) is 0 Å². The van der Waals surface area contributed by atoms with Gasteiger partial charge in [0.05, 0.1) is 17.0 Å². The number of aromatic nitrogens is 2. The van der Waals surface area contributed by atoms with Gasteiger partial charge in [0.2, 0.25) is 0 Å². The topological polar surface area (TPSA) is 93.2 Å². The van der Waals surface area contributed by atoms with E-state index in [4.69, 9.17) is 5.73 Å². The highest BCUT2D eigenvalue weighted by atomic mass is 16.3. The number of amides is 1. The van der Waals surface area contributed by atoms with Gasteiger partial charge in [-0.2, -0.15) is 5.10 Å². The first-order valence-corrected chi connectivity index (χ1v) is 7.01. The molecular weight excluding hydrogens is 256 g/mol. The number of anilines is 1. The van der Waals surface area contributed by atoms with E-state index in [0.29, 0.717) is 36.0 Å². The summed E-state index contributed by atoms with van der Waals surface area (Å²) < 4.78 is 1.58. The van der Waals surface area contributed by atoms with Crippen LogP contribution in [0.4, 0.5) is 5.69 Å². The third-order valence-electron chi connectivity index (χ3n) is 3.17. The summed E-state index contributed by atoms with van der Waals surface area (Å²) in [6.07, 6.45) is 0.620. The minimum absolute atomic E-state index is 0.192. The number of nitrogen functional groups attached to an aromatic ring is 1. The van der Waals surface area contributed by atoms with E-state index >= 15 is 0 Å². The summed E-state index contributed by atoms with van der Waals surface area (Å²) in [5.41, 5.74) is 6.37. The van der Waals surface area contributed by atoms with Crippen LogP contribution in [0.2, 0.25) is 0 Å². The SMILES string of the molecule is CCn1nc(C)c(N)c1C(=O)NCC(C)(O)CC(C)C. The Balaban J connectivity index is 2.77. The third kappa shape index (κ3) is 3.96. The number of carbonyl (C=O) groups excluding carboxylic acids is 1. The van der Waals surface area contributed by atoms with Crippen molar-refractivity contribution < 1.29 is 9.90 Å². The van der Waals surface area contributed by atoms with Gasteiger partial charge in [0.25, 0.3) is 5.91 Å². The molecule has 6 nitrogen and oxygen atoms in total. The largest absolute Gasteiger partial charge is 0.395 e. The Bertz CT molecular complexity index is 478. The lowest BCUT2D eigenvalue weighted by Gasteiger charge is -2.25. The number of aliphatic hydroxyl groups is 1. The molecule has 0 saturated carbocycles. The number of nitrogens with zero attached hydrogens (tertiary/aromatic N) is 2. The number of aryl methyl sites for hydroxylation is 2. The van der Waals surface area contributed by atoms with Gasteiger partial charge < -0.3 is 16.2 Å². The van der Waals surface area contributed by atoms with E-state index in [9.17, 15) is 9.90 Å². The lowest BCUT2D eigenvalue weighted by atomic mass is 9.94. The van der Waals surface area contributed by atoms with E-state index in [1.807, 2.05) is 20.8 Å². The smallest absolute Gasteiger partial charge is 0.271 e. The second-order valence-electron chi connectivity index (χ2n) is 5.94. The van der Waals surface area contributed by atoms with Crippen molar-refractivity contribution in [2.75, 3.05) is 12.3 Å². The standard InChI is InChI=1S/C14H26N4O2/c1-6-18-12(11(15)10(4)17-18)13(19)16-8-14(5,20)7-9(2)3/h9,20H,6-8,15H2,1-5H3,(H,16,19). The molecule has 0 aliphatic rings. The minimum Gasteiger partial charge on any atom is -0.395 e. The molecular formula is C14H26N4O2. The maximum absolute atomic E-state index is 12.2. The van der Waals surface area contributed by atoms with Crippen molar-refractivity contribution in [1.29, 1.82) is 0 Å². The van der Waals surface area contributed by atoms with E-state index < -0.39 is 5.60 Å². The maximum Gasteiger partial charge on any atom is 0.271 e. The number of hydrogen-bond acceptors (Lipinski definition) is 4. The lowest BCUT2D eigenvalue weighted by molar-refractivity contribution is 0.0366. The molecule has 114 valence electrons. The van der Waals surface area contributed by atoms with E-state index in [0.717, 1.165) is 0 Å². The van der Waals surface area contributed by atoms with Crippen LogP contribution in [0.25, 0.3) is 0 Å². The Labute approximate surface area is 120 Å². The van der Waals surface area contributed by atoms with Gasteiger partial charge in [-0.25, -0.2) is 0 Å². The third-order valence-corrected chi connectivity index (χ3v) is 3.17. The van der Waals surface area contributed by atoms with Crippen LogP contribution < -0.4 is 11.1 Å². The van der Waals surface area contributed by atoms with Crippen molar-refractivity contribution >= 4 is 11.6 Å². The Kier molecular flexibility index (Phi) is 5.16. The predicted molar refractivity (Wildman–Crippen MR) is 79.5 cm³/mol. The highest BCUT2D eigenvalue weighted by Gasteiger charge is 2.25. The number of nitrogens with two attached hydrogens (primary N) is 1. The van der Waals surface area contributed by atoms with Crippen LogP contribution >= 0.6 is 0 Å². The van der Waals surface area contributed by atoms with Crippen molar-refractivity contribution in [3.05, 3.63) is 11.4 Å². The van der Waals surface area contributed by atoms with E-state index in [1.165, 1.54) is 0 Å². The first-order chi connectivity index (χ1) is 9.18. The Morgan fingerprint density at radius 1 is 1.55 bits per heavy atom. The van der Waals surface area contributed by atoms with Crippen LogP contribution in [0.15, 0.2) is 0 Å². The van der Waals surface area contributed by atoms with Crippen molar-refractivity contribution in [3.63, 3.8) is 0 Å². The Morgan fingerprint density at radius 2 is 2.15 bits per heavy atom. The van der Waals surface area contributed by atoms with Crippen molar-refractivity contribution in [2.45, 2.75) is 53.2 Å². The molecule has 0 bridgehead atoms. The van der Waals surface area contributed by atoms with Gasteiger partial charge in [-0.3, -0.25) is 9.48 Å². The summed E-state index contributed by atoms with van der Waals surface area (Å²) in [6, 6.07) is 0. The van der Waals surface area contributed by atoms with E-state index in [-0.39, 0.29) is 12.5 Å². The van der Waals surface area contributed by atoms with Crippen molar-refractivity contribution in [2.24, 2.45) is 5.92 Å². The molecule has 4 N–H and O–H groups in total. The summed E-state index contributed by atoms with van der Waals surface area (Å²) >= 11 is 0. The molecule has 0 radical (unpaired) electrons. The number of nitrogens with one attached hydrogen (secondary N) is 1. The molecule has 1 unspecified atom stereocenters. The highest BCUT2D eigenvalue weighted by Crippen LogP contribution is 2.18. The van der Waals surface area contributed by atoms with Crippen LogP contribution in [0.3, 0.4) is 0 Å². The molecule has 0 saturated heterocycles. The molecule has 1 aromatic heterocycles. The molecule has 1 rings (SSSR count). The second kappa shape index (κ2) is 6.26. The fourth-order valence-electron chi connectivity index (χ4n) is 2.37. The van der Waals surface area contributed by atoms with Gasteiger partial charge in [-0.05, 0) is 33.1 Å². The van der Waals surface area contributed by atoms with E-state index in [2.05, 4.69) is 10.4 Å². The zero-order valence-corrected chi connectivity index (χ0v) is 13.0. The highest BCUT2D eigenvalue weighted by molar-refractivity contribution is 5.98. The number of carbonyl (C=O) groups is 1. The Morgan fingerprint density at radius 3 is 2.65 bits per heavy atom. The van der Waals surface area contributed by atoms with Gasteiger partial charge in [0.15, 0.2) is 0 Å². The number of rotatable bonds is 6. The van der Waals surface area contributed by atoms with E-state index in [1.54, 1.807) is 18.5 Å². The first kappa shape index (κ1) is 16.5. The van der Waals surface area contributed by atoms with Crippen LogP contribution in [-0.4, -0.2) is 32.9 Å². The summed E-state index contributed by atoms with van der Waals surface area (Å²) in [6.45, 7) is 10.2. The zero-order chi connectivity index (χ0) is 15.5. The molecule has 1 amide bonds. The molecule has 0 aliphatic carbocycles. The quantitative estimate of drug-likeness (QED) is 0.733. The fraction of sp³-hybridized carbons (Fsp3) is 0.714. The van der Waals surface area contributed by atoms with Crippen LogP contribution in [-0.2, 0) is 6.54 Å². The van der Waals surface area contributed by atoms with Gasteiger partial charge in [-0.1, -0.05) is 13.8 Å². The summed E-state index contributed by atoms with van der Waals surface area (Å²) in [5.74, 6) is 0.0596. The molecule has 0 aromatic carbocycles. The number of hydrogen-bond donors (Lipinski definition) is 3. The molecule has 6 heteroatoms. The monoisotopic (exact) mass is 282 g/mol. The molecule has 1 aromatic rings. The van der Waals surface area contributed by atoms with Crippen LogP contribution in [0, 0.1) is 12.8 Å². The summed E-state index contributed by atoms with van der Waals surface area (Å²) in [4.78, 5) is 12.2. The van der Waals surface area contributed by atoms with Crippen LogP contribution in [0.1, 0.15) is 50.3 Å². The lowest BCUT2D eigenvalue weighted by Crippen LogP contribution is -2.42. The van der Waals surface area contributed by atoms with Crippen molar-refractivity contribution in [3.8, 4) is 0 Å². The van der Waals surface area contributed by atoms with Gasteiger partial charge in [0, 0.05) is 13.1 Å². The molecule has 0 spiro atoms. The van der Waals surface area contributed by atoms with Gasteiger partial charge in [0.1, 0.15) is 5.69 Å². The molecule has 0 fully saturated rings. The fourth-order valence-corrected chi connectivity index (χ4v) is 2.37. The van der Waals surface area contributed by atoms with Gasteiger partial charge >= 0.3 is 0 Å². The Hall–Kier alpha value is -1.56. The average molecular weight is 282 g/mol. The average Bonchev–Trinajstić information content (AvgIpc) is 2.61. The van der Waals surface area contributed by atoms with Gasteiger partial charge in [-0.15, -0.1) is 0 Å². The first-order valence-electron chi connectivity index (χ1n) is 7.01. The zero-order valence-electron chi connectivity index (χ0n) is 13.0. The normalized spacial score (nSPS) is 14.3. The summed E-state index contributed by atoms with van der Waals surface area (Å²) in [5, 5.41) is 17.2.